The molecule has 0 amide bonds. The maximum absolute atomic E-state index is 5.96. The molecular weight excluding hydrogens is 225 g/mol. The van der Waals surface area contributed by atoms with Crippen molar-refractivity contribution >= 4 is 18.0 Å². The molecule has 1 unspecified atom stereocenters. The van der Waals surface area contributed by atoms with Crippen molar-refractivity contribution in [2.45, 2.75) is 37.8 Å². The minimum absolute atomic E-state index is 0.833. The minimum atomic E-state index is -1.26. The smallest absolute Gasteiger partial charge is 0.0597 e. The summed E-state index contributed by atoms with van der Waals surface area (Å²) in [6, 6.07) is 0. The van der Waals surface area contributed by atoms with Crippen LogP contribution >= 0.6 is 6.19 Å². The van der Waals surface area contributed by atoms with Crippen molar-refractivity contribution in [1.82, 2.24) is 4.67 Å². The molecule has 2 nitrogen and oxygen atoms in total. The van der Waals surface area contributed by atoms with Gasteiger partial charge in [-0.1, -0.05) is 31.1 Å². The van der Waals surface area contributed by atoms with Crippen molar-refractivity contribution in [1.29, 1.82) is 0 Å². The van der Waals surface area contributed by atoms with E-state index in [-0.39, 0.29) is 0 Å². The zero-order chi connectivity index (χ0) is 10.7. The molecule has 0 aromatic heterocycles. The van der Waals surface area contributed by atoms with Crippen molar-refractivity contribution in [3.05, 3.63) is 0 Å². The molecular formula is C11H22NOPS. The quantitative estimate of drug-likeness (QED) is 0.696. The van der Waals surface area contributed by atoms with Crippen LogP contribution in [0.2, 0.25) is 0 Å². The van der Waals surface area contributed by atoms with Crippen LogP contribution in [0.1, 0.15) is 32.1 Å². The molecule has 0 aromatic rings. The number of morpholine rings is 1. The van der Waals surface area contributed by atoms with Crippen LogP contribution in [0.5, 0.6) is 0 Å². The van der Waals surface area contributed by atoms with Crippen molar-refractivity contribution in [3.8, 4) is 0 Å². The second-order valence-corrected chi connectivity index (χ2v) is 10.2. The SMILES string of the molecule is CP(=S)(C1CCCCC1)N1CCOCC1. The van der Waals surface area contributed by atoms with E-state index in [9.17, 15) is 0 Å². The fraction of sp³-hybridized carbons (Fsp3) is 1.00. The summed E-state index contributed by atoms with van der Waals surface area (Å²) < 4.78 is 7.98. The topological polar surface area (TPSA) is 12.5 Å². The summed E-state index contributed by atoms with van der Waals surface area (Å²) in [7, 11) is 0. The Morgan fingerprint density at radius 2 is 1.73 bits per heavy atom. The minimum Gasteiger partial charge on any atom is -0.379 e. The molecule has 2 fully saturated rings. The normalized spacial score (nSPS) is 29.9. The largest absolute Gasteiger partial charge is 0.379 e. The van der Waals surface area contributed by atoms with Gasteiger partial charge in [-0.2, -0.15) is 0 Å². The highest BCUT2D eigenvalue weighted by molar-refractivity contribution is 8.13. The zero-order valence-corrected chi connectivity index (χ0v) is 11.4. The lowest BCUT2D eigenvalue weighted by Crippen LogP contribution is -2.36. The summed E-state index contributed by atoms with van der Waals surface area (Å²) in [5.74, 6) is 0. The van der Waals surface area contributed by atoms with Crippen LogP contribution in [0.25, 0.3) is 0 Å². The van der Waals surface area contributed by atoms with Gasteiger partial charge in [-0.15, -0.1) is 0 Å². The van der Waals surface area contributed by atoms with Crippen LogP contribution in [0.15, 0.2) is 0 Å². The van der Waals surface area contributed by atoms with Crippen LogP contribution < -0.4 is 0 Å². The van der Waals surface area contributed by atoms with Crippen LogP contribution in [-0.2, 0) is 16.5 Å². The van der Waals surface area contributed by atoms with Crippen molar-refractivity contribution in [2.24, 2.45) is 0 Å². The molecule has 0 spiro atoms. The Morgan fingerprint density at radius 3 is 2.33 bits per heavy atom. The first-order valence-electron chi connectivity index (χ1n) is 6.11. The van der Waals surface area contributed by atoms with Gasteiger partial charge in [0.2, 0.25) is 0 Å². The van der Waals surface area contributed by atoms with E-state index in [1.54, 1.807) is 0 Å². The third-order valence-corrected chi connectivity index (χ3v) is 8.78. The van der Waals surface area contributed by atoms with Crippen LogP contribution in [-0.4, -0.2) is 43.3 Å². The number of nitrogens with zero attached hydrogens (tertiary/aromatic N) is 1. The molecule has 2 rings (SSSR count). The highest BCUT2D eigenvalue weighted by Gasteiger charge is 2.31. The van der Waals surface area contributed by atoms with Gasteiger partial charge in [-0.25, -0.2) is 0 Å². The number of ether oxygens (including phenoxy) is 1. The number of rotatable bonds is 2. The van der Waals surface area contributed by atoms with Crippen LogP contribution in [0.3, 0.4) is 0 Å². The lowest BCUT2D eigenvalue weighted by molar-refractivity contribution is 0.0742. The van der Waals surface area contributed by atoms with Crippen molar-refractivity contribution in [3.63, 3.8) is 0 Å². The molecule has 1 aliphatic heterocycles. The number of hydrogen-bond acceptors (Lipinski definition) is 2. The summed E-state index contributed by atoms with van der Waals surface area (Å²) in [6.07, 6.45) is 5.74. The molecule has 0 bridgehead atoms. The van der Waals surface area contributed by atoms with E-state index in [0.29, 0.717) is 0 Å². The fourth-order valence-corrected chi connectivity index (χ4v) is 6.61. The molecule has 15 heavy (non-hydrogen) atoms. The van der Waals surface area contributed by atoms with E-state index < -0.39 is 6.19 Å². The first-order valence-corrected chi connectivity index (χ1v) is 9.39. The second kappa shape index (κ2) is 5.27. The van der Waals surface area contributed by atoms with Gasteiger partial charge in [-0.05, 0) is 19.5 Å². The Kier molecular flexibility index (Phi) is 4.23. The molecule has 2 aliphatic rings. The van der Waals surface area contributed by atoms with Gasteiger partial charge in [0.05, 0.1) is 13.2 Å². The fourth-order valence-electron chi connectivity index (χ4n) is 2.74. The molecule has 1 saturated carbocycles. The Balaban J connectivity index is 1.99. The van der Waals surface area contributed by atoms with Gasteiger partial charge in [0.15, 0.2) is 0 Å². The predicted octanol–water partition coefficient (Wildman–Crippen LogP) is 2.68. The molecule has 88 valence electrons. The van der Waals surface area contributed by atoms with Gasteiger partial charge >= 0.3 is 0 Å². The second-order valence-electron chi connectivity index (χ2n) is 4.80. The molecule has 1 heterocycles. The van der Waals surface area contributed by atoms with Crippen LogP contribution in [0.4, 0.5) is 0 Å². The van der Waals surface area contributed by atoms with Crippen LogP contribution in [0, 0.1) is 0 Å². The maximum atomic E-state index is 5.96. The van der Waals surface area contributed by atoms with Gasteiger partial charge in [0, 0.05) is 24.9 Å². The summed E-state index contributed by atoms with van der Waals surface area (Å²) in [4.78, 5) is 0. The Morgan fingerprint density at radius 1 is 1.13 bits per heavy atom. The van der Waals surface area contributed by atoms with Gasteiger partial charge < -0.3 is 4.74 Å². The van der Waals surface area contributed by atoms with Crippen molar-refractivity contribution < 1.29 is 4.74 Å². The van der Waals surface area contributed by atoms with Gasteiger partial charge in [0.25, 0.3) is 0 Å². The molecule has 0 radical (unpaired) electrons. The molecule has 0 N–H and O–H groups in total. The Labute approximate surface area is 98.4 Å². The average Bonchev–Trinajstić information content (AvgIpc) is 2.31. The molecule has 1 aliphatic carbocycles. The highest BCUT2D eigenvalue weighted by Crippen LogP contribution is 2.55. The monoisotopic (exact) mass is 247 g/mol. The predicted molar refractivity (Wildman–Crippen MR) is 69.5 cm³/mol. The first kappa shape index (κ1) is 12.0. The van der Waals surface area contributed by atoms with E-state index in [0.717, 1.165) is 32.0 Å². The first-order chi connectivity index (χ1) is 7.21. The number of hydrogen-bond donors (Lipinski definition) is 0. The van der Waals surface area contributed by atoms with E-state index in [2.05, 4.69) is 11.3 Å². The highest BCUT2D eigenvalue weighted by atomic mass is 32.4. The lowest BCUT2D eigenvalue weighted by atomic mass is 10.0. The van der Waals surface area contributed by atoms with E-state index in [1.165, 1.54) is 32.1 Å². The summed E-state index contributed by atoms with van der Waals surface area (Å²) in [5, 5.41) is 0. The van der Waals surface area contributed by atoms with E-state index >= 15 is 0 Å². The molecule has 4 heteroatoms. The molecule has 0 aromatic carbocycles. The molecule has 1 atom stereocenters. The zero-order valence-electron chi connectivity index (χ0n) is 9.65. The average molecular weight is 247 g/mol. The summed E-state index contributed by atoms with van der Waals surface area (Å²) in [5.41, 5.74) is 0.833. The maximum Gasteiger partial charge on any atom is 0.0597 e. The third-order valence-electron chi connectivity index (χ3n) is 3.80. The lowest BCUT2D eigenvalue weighted by Gasteiger charge is -2.41. The summed E-state index contributed by atoms with van der Waals surface area (Å²) >= 11 is 5.96. The summed E-state index contributed by atoms with van der Waals surface area (Å²) in [6.45, 7) is 6.29. The van der Waals surface area contributed by atoms with Crippen molar-refractivity contribution in [2.75, 3.05) is 33.0 Å². The standard InChI is InChI=1S/C11H22NOPS/c1-14(15,11-5-3-2-4-6-11)12-7-9-13-10-8-12/h11H,2-10H2,1H3. The Hall–Kier alpha value is 0.570. The van der Waals surface area contributed by atoms with E-state index in [4.69, 9.17) is 16.5 Å². The van der Waals surface area contributed by atoms with E-state index in [1.807, 2.05) is 0 Å². The van der Waals surface area contributed by atoms with Gasteiger partial charge in [-0.3, -0.25) is 4.67 Å². The molecule has 1 saturated heterocycles. The van der Waals surface area contributed by atoms with Gasteiger partial charge in [0.1, 0.15) is 0 Å². The third kappa shape index (κ3) is 2.82. The Bertz CT molecular complexity index is 225.